The van der Waals surface area contributed by atoms with Crippen molar-refractivity contribution in [3.8, 4) is 22.5 Å². The van der Waals surface area contributed by atoms with E-state index in [1.807, 2.05) is 36.4 Å². The number of rotatable bonds is 3. The molecule has 0 radical (unpaired) electrons. The van der Waals surface area contributed by atoms with Gasteiger partial charge < -0.3 is 4.42 Å². The van der Waals surface area contributed by atoms with Gasteiger partial charge in [0.1, 0.15) is 11.3 Å². The first kappa shape index (κ1) is 17.5. The molecule has 0 bridgehead atoms. The van der Waals surface area contributed by atoms with E-state index in [-0.39, 0.29) is 4.90 Å². The third kappa shape index (κ3) is 3.28. The zero-order valence-electron chi connectivity index (χ0n) is 14.0. The molecule has 2 heterocycles. The number of fused-ring (bicyclic) bond motifs is 1. The van der Waals surface area contributed by atoms with Crippen LogP contribution in [0.4, 0.5) is 0 Å². The molecule has 0 amide bonds. The van der Waals surface area contributed by atoms with Gasteiger partial charge >= 0.3 is 0 Å². The van der Waals surface area contributed by atoms with E-state index in [0.29, 0.717) is 21.4 Å². The fourth-order valence-electron chi connectivity index (χ4n) is 2.91. The van der Waals surface area contributed by atoms with Crippen molar-refractivity contribution in [1.82, 2.24) is 4.98 Å². The maximum Gasteiger partial charge on any atom is 0.238 e. The van der Waals surface area contributed by atoms with Gasteiger partial charge in [-0.3, -0.25) is 4.98 Å². The van der Waals surface area contributed by atoms with E-state index < -0.39 is 10.0 Å². The van der Waals surface area contributed by atoms with Gasteiger partial charge in [0, 0.05) is 34.5 Å². The lowest BCUT2D eigenvalue weighted by molar-refractivity contribution is 0.597. The first-order valence-corrected chi connectivity index (χ1v) is 10.00. The highest BCUT2D eigenvalue weighted by molar-refractivity contribution is 7.89. The summed E-state index contributed by atoms with van der Waals surface area (Å²) in [5.74, 6) is 0.549. The molecular formula is C20H14N2O3S2. The average Bonchev–Trinajstić information content (AvgIpc) is 2.68. The van der Waals surface area contributed by atoms with Crippen LogP contribution in [-0.2, 0) is 10.0 Å². The summed E-state index contributed by atoms with van der Waals surface area (Å²) >= 11 is 5.74. The van der Waals surface area contributed by atoms with E-state index in [0.717, 1.165) is 16.5 Å². The number of sulfonamides is 1. The van der Waals surface area contributed by atoms with Gasteiger partial charge in [-0.05, 0) is 42.5 Å². The van der Waals surface area contributed by atoms with Crippen molar-refractivity contribution in [2.24, 2.45) is 5.14 Å². The van der Waals surface area contributed by atoms with Crippen LogP contribution in [0.1, 0.15) is 0 Å². The smallest absolute Gasteiger partial charge is 0.238 e. The molecule has 0 unspecified atom stereocenters. The summed E-state index contributed by atoms with van der Waals surface area (Å²) in [7, 11) is -3.77. The number of aromatic nitrogens is 1. The van der Waals surface area contributed by atoms with Crippen LogP contribution >= 0.6 is 12.2 Å². The normalized spacial score (nSPS) is 11.6. The Balaban J connectivity index is 2.03. The third-order valence-corrected chi connectivity index (χ3v) is 5.55. The first-order chi connectivity index (χ1) is 12.9. The number of hydrogen-bond acceptors (Lipinski definition) is 5. The van der Waals surface area contributed by atoms with Crippen molar-refractivity contribution < 1.29 is 12.8 Å². The molecule has 0 fully saturated rings. The minimum Gasteiger partial charge on any atom is -0.455 e. The first-order valence-electron chi connectivity index (χ1n) is 8.04. The molecule has 2 N–H and O–H groups in total. The molecule has 0 saturated carbocycles. The minimum atomic E-state index is -3.77. The highest BCUT2D eigenvalue weighted by Gasteiger charge is 2.16. The number of pyridine rings is 1. The van der Waals surface area contributed by atoms with E-state index >= 15 is 0 Å². The lowest BCUT2D eigenvalue weighted by Gasteiger charge is -2.12. The predicted molar refractivity (Wildman–Crippen MR) is 107 cm³/mol. The molecule has 0 aliphatic heterocycles. The van der Waals surface area contributed by atoms with Gasteiger partial charge in [0.15, 0.2) is 0 Å². The molecule has 4 aromatic rings. The van der Waals surface area contributed by atoms with Crippen LogP contribution in [0, 0.1) is 4.51 Å². The second kappa shape index (κ2) is 6.70. The van der Waals surface area contributed by atoms with Gasteiger partial charge in [-0.25, -0.2) is 13.6 Å². The van der Waals surface area contributed by atoms with Crippen LogP contribution in [0.3, 0.4) is 0 Å². The molecule has 134 valence electrons. The van der Waals surface area contributed by atoms with Crippen LogP contribution in [0.5, 0.6) is 0 Å². The van der Waals surface area contributed by atoms with E-state index in [2.05, 4.69) is 4.98 Å². The molecule has 0 spiro atoms. The van der Waals surface area contributed by atoms with E-state index in [1.165, 1.54) is 12.1 Å². The summed E-state index contributed by atoms with van der Waals surface area (Å²) in [5.41, 5.74) is 2.90. The summed E-state index contributed by atoms with van der Waals surface area (Å²) in [5, 5.41) is 6.02. The second-order valence-electron chi connectivity index (χ2n) is 5.94. The summed E-state index contributed by atoms with van der Waals surface area (Å²) < 4.78 is 29.9. The van der Waals surface area contributed by atoms with E-state index in [9.17, 15) is 8.42 Å². The standard InChI is InChI=1S/C20H14N2O3S2/c21-27(23,24)15-9-7-13(8-10-15)19-18(14-4-3-11-22-12-14)20(26)16-5-1-2-6-17(16)25-19/h1-12H,(H2,21,23,24). The van der Waals surface area contributed by atoms with Crippen LogP contribution in [0.15, 0.2) is 82.4 Å². The van der Waals surface area contributed by atoms with E-state index in [1.54, 1.807) is 24.5 Å². The Morgan fingerprint density at radius 3 is 2.33 bits per heavy atom. The van der Waals surface area contributed by atoms with Crippen molar-refractivity contribution in [3.63, 3.8) is 0 Å². The van der Waals surface area contributed by atoms with Crippen LogP contribution < -0.4 is 5.14 Å². The molecule has 0 aliphatic carbocycles. The van der Waals surface area contributed by atoms with Gasteiger partial charge in [0.25, 0.3) is 0 Å². The third-order valence-electron chi connectivity index (χ3n) is 4.19. The van der Waals surface area contributed by atoms with Gasteiger partial charge in [0.2, 0.25) is 10.0 Å². The number of benzene rings is 2. The number of primary sulfonamides is 1. The van der Waals surface area contributed by atoms with Gasteiger partial charge in [-0.1, -0.05) is 30.4 Å². The monoisotopic (exact) mass is 394 g/mol. The van der Waals surface area contributed by atoms with E-state index in [4.69, 9.17) is 21.8 Å². The molecule has 4 rings (SSSR count). The largest absolute Gasteiger partial charge is 0.455 e. The molecule has 2 aromatic carbocycles. The SMILES string of the molecule is NS(=O)(=O)c1ccc(-c2oc3ccccc3c(=S)c2-c2cccnc2)cc1. The Morgan fingerprint density at radius 2 is 1.67 bits per heavy atom. The molecule has 0 atom stereocenters. The van der Waals surface area contributed by atoms with Gasteiger partial charge in [-0.2, -0.15) is 0 Å². The van der Waals surface area contributed by atoms with Crippen LogP contribution in [0.2, 0.25) is 0 Å². The summed E-state index contributed by atoms with van der Waals surface area (Å²) in [4.78, 5) is 4.22. The molecule has 0 saturated heterocycles. The number of hydrogen-bond donors (Lipinski definition) is 1. The Labute approximate surface area is 161 Å². The summed E-state index contributed by atoms with van der Waals surface area (Å²) in [6.07, 6.45) is 3.41. The van der Waals surface area contributed by atoms with Crippen molar-refractivity contribution in [2.75, 3.05) is 0 Å². The lowest BCUT2D eigenvalue weighted by Crippen LogP contribution is -2.11. The quantitative estimate of drug-likeness (QED) is 0.516. The molecule has 7 heteroatoms. The highest BCUT2D eigenvalue weighted by Crippen LogP contribution is 2.37. The summed E-state index contributed by atoms with van der Waals surface area (Å²) in [6, 6.07) is 17.5. The Kier molecular flexibility index (Phi) is 4.35. The van der Waals surface area contributed by atoms with Crippen molar-refractivity contribution in [3.05, 3.63) is 77.6 Å². The number of nitrogens with zero attached hydrogens (tertiary/aromatic N) is 1. The Morgan fingerprint density at radius 1 is 0.926 bits per heavy atom. The second-order valence-corrected chi connectivity index (χ2v) is 7.91. The number of nitrogens with two attached hydrogens (primary N) is 1. The van der Waals surface area contributed by atoms with Crippen LogP contribution in [-0.4, -0.2) is 13.4 Å². The molecule has 5 nitrogen and oxygen atoms in total. The fourth-order valence-corrected chi connectivity index (χ4v) is 3.81. The topological polar surface area (TPSA) is 86.2 Å². The van der Waals surface area contributed by atoms with Crippen molar-refractivity contribution in [2.45, 2.75) is 4.90 Å². The fraction of sp³-hybridized carbons (Fsp3) is 0. The lowest BCUT2D eigenvalue weighted by atomic mass is 10.00. The minimum absolute atomic E-state index is 0.0357. The molecule has 27 heavy (non-hydrogen) atoms. The van der Waals surface area contributed by atoms with Crippen molar-refractivity contribution in [1.29, 1.82) is 0 Å². The maximum atomic E-state index is 11.5. The van der Waals surface area contributed by atoms with Gasteiger partial charge in [-0.15, -0.1) is 0 Å². The van der Waals surface area contributed by atoms with Crippen LogP contribution in [0.25, 0.3) is 33.4 Å². The van der Waals surface area contributed by atoms with Crippen molar-refractivity contribution >= 4 is 33.2 Å². The average molecular weight is 394 g/mol. The molecular weight excluding hydrogens is 380 g/mol. The molecule has 2 aromatic heterocycles. The highest BCUT2D eigenvalue weighted by atomic mass is 32.2. The predicted octanol–water partition coefficient (Wildman–Crippen LogP) is 4.54. The number of para-hydroxylation sites is 1. The summed E-state index contributed by atoms with van der Waals surface area (Å²) in [6.45, 7) is 0. The zero-order chi connectivity index (χ0) is 19.0. The van der Waals surface area contributed by atoms with Gasteiger partial charge in [0.05, 0.1) is 9.41 Å². The Hall–Kier alpha value is -2.87. The Bertz CT molecular complexity index is 1300. The zero-order valence-corrected chi connectivity index (χ0v) is 15.6. The molecule has 0 aliphatic rings. The maximum absolute atomic E-state index is 11.5.